The molecule has 2 fully saturated rings. The highest BCUT2D eigenvalue weighted by Crippen LogP contribution is 2.45. The second-order valence-corrected chi connectivity index (χ2v) is 22.3. The molecule has 4 aromatic carbocycles. The lowest BCUT2D eigenvalue weighted by Gasteiger charge is -2.33. The highest BCUT2D eigenvalue weighted by Gasteiger charge is 2.34. The van der Waals surface area contributed by atoms with Gasteiger partial charge in [0.05, 0.1) is 91.8 Å². The number of halogens is 4. The molecule has 12 rings (SSSR count). The van der Waals surface area contributed by atoms with Crippen LogP contribution in [-0.4, -0.2) is 74.8 Å². The lowest BCUT2D eigenvalue weighted by Crippen LogP contribution is -2.27. The summed E-state index contributed by atoms with van der Waals surface area (Å²) in [5, 5.41) is 23.6. The molecule has 2 unspecified atom stereocenters. The monoisotopic (exact) mass is 1060 g/mol. The van der Waals surface area contributed by atoms with Crippen LogP contribution in [0.5, 0.6) is 0 Å². The summed E-state index contributed by atoms with van der Waals surface area (Å²) in [6, 6.07) is 22.8. The Morgan fingerprint density at radius 3 is 1.18 bits per heavy atom. The molecule has 2 saturated heterocycles. The maximum absolute atomic E-state index is 14.7. The minimum absolute atomic E-state index is 0.0756. The molecule has 2 N–H and O–H groups in total. The fraction of sp³-hybridized carbons (Fsp3) is 0.355. The highest BCUT2D eigenvalue weighted by molar-refractivity contribution is 6.08. The molecule has 0 spiro atoms. The number of pyridine rings is 2. The van der Waals surface area contributed by atoms with Gasteiger partial charge in [0.2, 0.25) is 0 Å². The highest BCUT2D eigenvalue weighted by atomic mass is 19.1. The van der Waals surface area contributed by atoms with Crippen molar-refractivity contribution < 1.29 is 37.2 Å². The molecule has 0 saturated carbocycles. The van der Waals surface area contributed by atoms with Crippen LogP contribution in [0.2, 0.25) is 0 Å². The first-order valence-electron chi connectivity index (χ1n) is 26.6. The molecular weight excluding hydrogens is 997 g/mol. The van der Waals surface area contributed by atoms with Gasteiger partial charge in [-0.3, -0.25) is 9.97 Å². The van der Waals surface area contributed by atoms with Crippen molar-refractivity contribution in [3.63, 3.8) is 0 Å². The van der Waals surface area contributed by atoms with Crippen molar-refractivity contribution >= 4 is 43.9 Å². The van der Waals surface area contributed by atoms with E-state index < -0.39 is 34.5 Å². The van der Waals surface area contributed by atoms with E-state index in [1.54, 1.807) is 40.3 Å². The summed E-state index contributed by atoms with van der Waals surface area (Å²) in [4.78, 5) is 18.7. The molecule has 0 radical (unpaired) electrons. The summed E-state index contributed by atoms with van der Waals surface area (Å²) >= 11 is 0. The number of rotatable bonds is 10. The first-order valence-corrected chi connectivity index (χ1v) is 26.6. The van der Waals surface area contributed by atoms with Gasteiger partial charge in [0.1, 0.15) is 23.3 Å². The quantitative estimate of drug-likeness (QED) is 0.130. The van der Waals surface area contributed by atoms with Gasteiger partial charge in [-0.2, -0.15) is 0 Å². The van der Waals surface area contributed by atoms with E-state index in [2.05, 4.69) is 31.2 Å². The Bertz CT molecular complexity index is 3560. The maximum atomic E-state index is 14.7. The van der Waals surface area contributed by atoms with Crippen molar-refractivity contribution in [2.45, 2.75) is 90.5 Å². The number of benzene rings is 4. The first kappa shape index (κ1) is 52.8. The van der Waals surface area contributed by atoms with E-state index in [4.69, 9.17) is 19.4 Å². The summed E-state index contributed by atoms with van der Waals surface area (Å²) in [6.07, 6.45) is 10.3. The summed E-state index contributed by atoms with van der Waals surface area (Å²) in [7, 11) is 3.90. The molecule has 10 aromatic rings. The van der Waals surface area contributed by atoms with Gasteiger partial charge in [-0.05, 0) is 150 Å². The largest absolute Gasteiger partial charge is 0.386 e. The number of hydrogen-bond donors (Lipinski definition) is 2. The third-order valence-electron chi connectivity index (χ3n) is 15.9. The van der Waals surface area contributed by atoms with Crippen LogP contribution in [0.15, 0.2) is 110 Å². The van der Waals surface area contributed by atoms with E-state index in [-0.39, 0.29) is 23.9 Å². The average Bonchev–Trinajstić information content (AvgIpc) is 4.10. The van der Waals surface area contributed by atoms with Gasteiger partial charge in [-0.1, -0.05) is 24.3 Å². The Morgan fingerprint density at radius 2 is 0.859 bits per heavy atom. The molecule has 2 atom stereocenters. The predicted octanol–water partition coefficient (Wildman–Crippen LogP) is 12.8. The van der Waals surface area contributed by atoms with Crippen molar-refractivity contribution in [1.82, 2.24) is 38.2 Å². The van der Waals surface area contributed by atoms with Crippen LogP contribution in [-0.2, 0) is 34.8 Å². The van der Waals surface area contributed by atoms with Gasteiger partial charge >= 0.3 is 0 Å². The van der Waals surface area contributed by atoms with Gasteiger partial charge in [0, 0.05) is 86.9 Å². The number of imidazole rings is 2. The number of nitrogens with zero attached hydrogens (tertiary/aromatic N) is 8. The molecule has 78 heavy (non-hydrogen) atoms. The van der Waals surface area contributed by atoms with Gasteiger partial charge in [0.15, 0.2) is 0 Å². The lowest BCUT2D eigenvalue weighted by molar-refractivity contribution is 0.0551. The molecule has 0 amide bonds. The minimum atomic E-state index is -1.07. The fourth-order valence-electron chi connectivity index (χ4n) is 12.2. The Hall–Kier alpha value is -7.24. The van der Waals surface area contributed by atoms with Crippen LogP contribution < -0.4 is 0 Å². The molecule has 6 aromatic heterocycles. The zero-order valence-corrected chi connectivity index (χ0v) is 45.2. The zero-order valence-electron chi connectivity index (χ0n) is 45.2. The lowest BCUT2D eigenvalue weighted by atomic mass is 9.86. The predicted molar refractivity (Wildman–Crippen MR) is 295 cm³/mol. The van der Waals surface area contributed by atoms with Gasteiger partial charge < -0.3 is 38.0 Å². The standard InChI is InChI=1S/2C31H32F2N4O2/c2*1-18-29(36(4)17-35-18)21-13-27-28(34-16-21)25-6-5-22(31(2,3)38)14-26(25)37(27)30(19-7-9-39-10-8-19)20-11-23(32)15-24(33)12-20/h2*5-6,11-17,19,30,38H,7-10H2,1-4H3. The van der Waals surface area contributed by atoms with Gasteiger partial charge in [0.25, 0.3) is 0 Å². The Labute approximate surface area is 449 Å². The summed E-state index contributed by atoms with van der Waals surface area (Å²) in [5.74, 6) is -2.28. The summed E-state index contributed by atoms with van der Waals surface area (Å²) in [5.41, 5.74) is 11.0. The van der Waals surface area contributed by atoms with Crippen LogP contribution in [0.25, 0.3) is 66.4 Å². The molecule has 0 aliphatic carbocycles. The zero-order chi connectivity index (χ0) is 54.9. The average molecular weight is 1060 g/mol. The number of aliphatic hydroxyl groups is 2. The molecular formula is C62H64F4N8O4. The van der Waals surface area contributed by atoms with Crippen LogP contribution in [0.4, 0.5) is 17.6 Å². The molecule has 404 valence electrons. The third-order valence-corrected chi connectivity index (χ3v) is 15.9. The number of fused-ring (bicyclic) bond motifs is 6. The van der Waals surface area contributed by atoms with Crippen molar-refractivity contribution in [3.8, 4) is 22.5 Å². The van der Waals surface area contributed by atoms with Crippen LogP contribution in [0.3, 0.4) is 0 Å². The topological polar surface area (TPSA) is 130 Å². The van der Waals surface area contributed by atoms with Crippen LogP contribution in [0.1, 0.15) is 99.1 Å². The smallest absolute Gasteiger partial charge is 0.126 e. The van der Waals surface area contributed by atoms with E-state index in [1.807, 2.05) is 85.9 Å². The molecule has 0 bridgehead atoms. The van der Waals surface area contributed by atoms with Crippen molar-refractivity contribution in [2.75, 3.05) is 26.4 Å². The summed E-state index contributed by atoms with van der Waals surface area (Å²) < 4.78 is 78.2. The fourth-order valence-corrected chi connectivity index (χ4v) is 12.2. The first-order chi connectivity index (χ1) is 37.2. The Morgan fingerprint density at radius 1 is 0.500 bits per heavy atom. The Kier molecular flexibility index (Phi) is 13.9. The molecule has 2 aliphatic rings. The summed E-state index contributed by atoms with van der Waals surface area (Å²) in [6.45, 7) is 13.3. The second kappa shape index (κ2) is 20.5. The maximum Gasteiger partial charge on any atom is 0.126 e. The number of ether oxygens (including phenoxy) is 2. The molecule has 12 nitrogen and oxygen atoms in total. The molecule has 2 aliphatic heterocycles. The van der Waals surface area contributed by atoms with Crippen LogP contribution >= 0.6 is 0 Å². The number of hydrogen-bond acceptors (Lipinski definition) is 8. The van der Waals surface area contributed by atoms with E-state index in [0.29, 0.717) is 37.6 Å². The number of aromatic nitrogens is 8. The van der Waals surface area contributed by atoms with Gasteiger partial charge in [-0.25, -0.2) is 27.5 Å². The van der Waals surface area contributed by atoms with Gasteiger partial charge in [-0.15, -0.1) is 0 Å². The molecule has 16 heteroatoms. The van der Waals surface area contributed by atoms with Crippen molar-refractivity contribution in [3.05, 3.63) is 167 Å². The second-order valence-electron chi connectivity index (χ2n) is 22.3. The van der Waals surface area contributed by atoms with E-state index in [9.17, 15) is 27.8 Å². The van der Waals surface area contributed by atoms with Crippen molar-refractivity contribution in [2.24, 2.45) is 25.9 Å². The van der Waals surface area contributed by atoms with Crippen LogP contribution in [0, 0.1) is 49.0 Å². The normalized spacial score (nSPS) is 15.9. The minimum Gasteiger partial charge on any atom is -0.386 e. The van der Waals surface area contributed by atoms with Crippen molar-refractivity contribution in [1.29, 1.82) is 0 Å². The van der Waals surface area contributed by atoms with E-state index in [1.165, 1.54) is 24.3 Å². The van der Waals surface area contributed by atoms with E-state index in [0.717, 1.165) is 127 Å². The SMILES string of the molecule is Cc1ncn(C)c1-c1cnc2c3ccc(C(C)(C)O)cc3n(C(c3cc(F)cc(F)c3)C3CCOCC3)c2c1.Cc1ncn(C)c1-c1cnc2c3ccc(C(C)(C)O)cc3n(C(c3cc(F)cc(F)c3)C3CCOCC3)c2c1. The molecule has 8 heterocycles. The number of aryl methyl sites for hydroxylation is 4. The van der Waals surface area contributed by atoms with E-state index >= 15 is 0 Å². The third kappa shape index (κ3) is 9.88. The Balaban J connectivity index is 0.000000165.